The van der Waals surface area contributed by atoms with Crippen LogP contribution in [0.1, 0.15) is 42.1 Å². The highest BCUT2D eigenvalue weighted by molar-refractivity contribution is 6.39. The number of unbranched alkanes of at least 4 members (excludes halogenated alkanes) is 1. The Labute approximate surface area is 232 Å². The molecule has 198 valence electrons. The third-order valence-corrected chi connectivity index (χ3v) is 6.29. The van der Waals surface area contributed by atoms with Gasteiger partial charge in [0, 0.05) is 24.6 Å². The molecule has 0 spiro atoms. The summed E-state index contributed by atoms with van der Waals surface area (Å²) in [6.45, 7) is 6.28. The number of aromatic nitrogens is 2. The van der Waals surface area contributed by atoms with Gasteiger partial charge in [-0.05, 0) is 55.3 Å². The summed E-state index contributed by atoms with van der Waals surface area (Å²) >= 11 is 12.3. The fraction of sp³-hybridized carbons (Fsp3) is 0.214. The third-order valence-electron chi connectivity index (χ3n) is 5.66. The predicted molar refractivity (Wildman–Crippen MR) is 151 cm³/mol. The van der Waals surface area contributed by atoms with Crippen molar-refractivity contribution in [3.63, 3.8) is 0 Å². The maximum absolute atomic E-state index is 12.8. The zero-order valence-corrected chi connectivity index (χ0v) is 22.5. The van der Waals surface area contributed by atoms with Gasteiger partial charge in [0.2, 0.25) is 5.95 Å². The molecule has 3 aromatic rings. The zero-order valence-electron chi connectivity index (χ0n) is 20.9. The van der Waals surface area contributed by atoms with Crippen molar-refractivity contribution < 1.29 is 14.7 Å². The summed E-state index contributed by atoms with van der Waals surface area (Å²) in [5, 5.41) is 14.1. The summed E-state index contributed by atoms with van der Waals surface area (Å²) in [6.07, 6.45) is 9.99. The summed E-state index contributed by atoms with van der Waals surface area (Å²) in [7, 11) is 0. The van der Waals surface area contributed by atoms with E-state index in [4.69, 9.17) is 23.2 Å². The van der Waals surface area contributed by atoms with Crippen molar-refractivity contribution >= 4 is 52.7 Å². The van der Waals surface area contributed by atoms with Gasteiger partial charge in [0.05, 0.1) is 21.8 Å². The van der Waals surface area contributed by atoms with E-state index in [1.54, 1.807) is 30.6 Å². The quantitative estimate of drug-likeness (QED) is 0.307. The number of nitrogens with one attached hydrogen (secondary N) is 2. The van der Waals surface area contributed by atoms with E-state index in [1.807, 2.05) is 30.3 Å². The number of rotatable bonds is 12. The van der Waals surface area contributed by atoms with Gasteiger partial charge in [-0.1, -0.05) is 66.9 Å². The number of anilines is 2. The highest BCUT2D eigenvalue weighted by Gasteiger charge is 2.27. The smallest absolute Gasteiger partial charge is 0.339 e. The lowest BCUT2D eigenvalue weighted by molar-refractivity contribution is -0.705. The molecular weight excluding hydrogens is 525 g/mol. The lowest BCUT2D eigenvalue weighted by Crippen LogP contribution is -3.07. The minimum atomic E-state index is -1.12. The molecule has 1 aromatic heterocycles. The second kappa shape index (κ2) is 14.4. The van der Waals surface area contributed by atoms with E-state index in [1.165, 1.54) is 12.1 Å². The molecule has 0 bridgehead atoms. The maximum Gasteiger partial charge on any atom is 0.339 e. The first-order valence-corrected chi connectivity index (χ1v) is 12.9. The standard InChI is InChI=1S/C28H29Cl2N5O3/c1-3-5-19-34(28-31-17-8-18-32-28)21-15-13-20(14-16-21)9-6-12-24(27(37)35(38)4-2)33-26(36)25-22(29)10-7-11-23(25)30/h4,6-11,13-18,24,35H,2-3,5,12,19H2,1H3,(H,33,36)/b9-6+. The van der Waals surface area contributed by atoms with E-state index < -0.39 is 22.9 Å². The molecule has 38 heavy (non-hydrogen) atoms. The molecule has 0 aliphatic carbocycles. The molecule has 0 saturated carbocycles. The highest BCUT2D eigenvalue weighted by atomic mass is 35.5. The molecule has 2 atom stereocenters. The zero-order chi connectivity index (χ0) is 27.5. The van der Waals surface area contributed by atoms with Crippen molar-refractivity contribution in [3.8, 4) is 0 Å². The van der Waals surface area contributed by atoms with Gasteiger partial charge in [0.1, 0.15) is 6.04 Å². The van der Waals surface area contributed by atoms with Crippen molar-refractivity contribution in [2.75, 3.05) is 11.4 Å². The van der Waals surface area contributed by atoms with Crippen LogP contribution < -0.4 is 15.3 Å². The molecule has 1 heterocycles. The van der Waals surface area contributed by atoms with Crippen LogP contribution in [-0.4, -0.2) is 34.4 Å². The number of carbonyl (C=O) groups excluding carboxylic acids is 2. The molecule has 3 rings (SSSR count). The van der Waals surface area contributed by atoms with Crippen LogP contribution in [0.15, 0.2) is 79.8 Å². The molecule has 8 nitrogen and oxygen atoms in total. The lowest BCUT2D eigenvalue weighted by Gasteiger charge is -2.22. The average Bonchev–Trinajstić information content (AvgIpc) is 2.93. The Morgan fingerprint density at radius 1 is 1.11 bits per heavy atom. The normalized spacial score (nSPS) is 12.6. The van der Waals surface area contributed by atoms with Crippen LogP contribution in [0.2, 0.25) is 10.0 Å². The molecule has 0 saturated heterocycles. The van der Waals surface area contributed by atoms with Gasteiger partial charge in [-0.15, -0.1) is 0 Å². The Morgan fingerprint density at radius 2 is 1.76 bits per heavy atom. The van der Waals surface area contributed by atoms with Crippen molar-refractivity contribution in [3.05, 3.63) is 106 Å². The van der Waals surface area contributed by atoms with Gasteiger partial charge in [-0.3, -0.25) is 9.86 Å². The second-order valence-corrected chi connectivity index (χ2v) is 9.15. The summed E-state index contributed by atoms with van der Waals surface area (Å²) in [5.74, 6) is -0.804. The number of hydroxylamine groups is 2. The van der Waals surface area contributed by atoms with E-state index in [0.29, 0.717) is 5.95 Å². The van der Waals surface area contributed by atoms with E-state index in [0.717, 1.165) is 36.8 Å². The molecule has 0 fully saturated rings. The minimum absolute atomic E-state index is 0.0364. The molecule has 2 amide bonds. The minimum Gasteiger partial charge on any atom is -0.622 e. The van der Waals surface area contributed by atoms with Gasteiger partial charge in [0.15, 0.2) is 0 Å². The fourth-order valence-corrected chi connectivity index (χ4v) is 4.22. The summed E-state index contributed by atoms with van der Waals surface area (Å²) in [4.78, 5) is 36.3. The Balaban J connectivity index is 1.75. The number of benzene rings is 2. The van der Waals surface area contributed by atoms with Crippen LogP contribution in [0.4, 0.5) is 11.6 Å². The number of hydrogen-bond acceptors (Lipinski definition) is 6. The van der Waals surface area contributed by atoms with Gasteiger partial charge in [-0.25, -0.2) is 14.8 Å². The first-order chi connectivity index (χ1) is 18.3. The lowest BCUT2D eigenvalue weighted by atomic mass is 10.1. The van der Waals surface area contributed by atoms with Crippen molar-refractivity contribution in [1.82, 2.24) is 15.3 Å². The van der Waals surface area contributed by atoms with E-state index in [9.17, 15) is 14.8 Å². The van der Waals surface area contributed by atoms with Gasteiger partial charge >= 0.3 is 5.91 Å². The van der Waals surface area contributed by atoms with Gasteiger partial charge in [-0.2, -0.15) is 0 Å². The molecule has 2 unspecified atom stereocenters. The van der Waals surface area contributed by atoms with Crippen molar-refractivity contribution in [2.45, 2.75) is 32.2 Å². The Kier molecular flexibility index (Phi) is 11.0. The number of hydrogen-bond donors (Lipinski definition) is 2. The van der Waals surface area contributed by atoms with Crippen LogP contribution in [0, 0.1) is 5.21 Å². The van der Waals surface area contributed by atoms with Crippen LogP contribution in [0.3, 0.4) is 0 Å². The van der Waals surface area contributed by atoms with E-state index >= 15 is 0 Å². The number of halogens is 2. The number of amides is 2. The summed E-state index contributed by atoms with van der Waals surface area (Å²) in [6, 6.07) is 13.1. The predicted octanol–water partition coefficient (Wildman–Crippen LogP) is 4.98. The van der Waals surface area contributed by atoms with E-state index in [2.05, 4.69) is 33.7 Å². The first-order valence-electron chi connectivity index (χ1n) is 12.1. The number of nitrogens with zero attached hydrogens (tertiary/aromatic N) is 3. The Morgan fingerprint density at radius 3 is 2.37 bits per heavy atom. The maximum atomic E-state index is 12.8. The van der Waals surface area contributed by atoms with Crippen molar-refractivity contribution in [1.29, 1.82) is 0 Å². The molecule has 0 radical (unpaired) electrons. The van der Waals surface area contributed by atoms with Crippen LogP contribution in [0.5, 0.6) is 0 Å². The monoisotopic (exact) mass is 553 g/mol. The van der Waals surface area contributed by atoms with Gasteiger partial charge < -0.3 is 15.4 Å². The van der Waals surface area contributed by atoms with Crippen LogP contribution in [-0.2, 0) is 4.79 Å². The molecule has 0 aliphatic rings. The highest BCUT2D eigenvalue weighted by Crippen LogP contribution is 2.25. The largest absolute Gasteiger partial charge is 0.622 e. The molecule has 0 aliphatic heterocycles. The van der Waals surface area contributed by atoms with Gasteiger partial charge in [0.25, 0.3) is 5.91 Å². The first kappa shape index (κ1) is 29.0. The molecule has 10 heteroatoms. The Hall–Kier alpha value is -3.56. The topological polar surface area (TPSA) is 103 Å². The Bertz CT molecular complexity index is 1250. The summed E-state index contributed by atoms with van der Waals surface area (Å²) < 4.78 is 0. The molecule has 2 N–H and O–H groups in total. The molecular formula is C28H29Cl2N5O3. The second-order valence-electron chi connectivity index (χ2n) is 8.34. The third kappa shape index (κ3) is 7.72. The molecule has 2 aromatic carbocycles. The SMILES string of the molecule is C=C[NH+]([O-])C(=O)C(C/C=C/c1ccc(N(CCCC)c2ncccn2)cc1)NC(=O)c1c(Cl)cccc1Cl. The average molecular weight is 554 g/mol. The van der Waals surface area contributed by atoms with E-state index in [-0.39, 0.29) is 22.0 Å². The fourth-order valence-electron chi connectivity index (χ4n) is 3.65. The van der Waals surface area contributed by atoms with Crippen LogP contribution in [0.25, 0.3) is 6.08 Å². The number of quaternary nitrogens is 1. The number of carbonyl (C=O) groups is 2. The van der Waals surface area contributed by atoms with Crippen molar-refractivity contribution in [2.24, 2.45) is 0 Å². The summed E-state index contributed by atoms with van der Waals surface area (Å²) in [5.41, 5.74) is 1.87. The van der Waals surface area contributed by atoms with Crippen LogP contribution >= 0.6 is 23.2 Å².